The molecule has 1 N–H and O–H groups in total. The Bertz CT molecular complexity index is 443. The highest BCUT2D eigenvalue weighted by molar-refractivity contribution is 5.89. The molecular weight excluding hydrogens is 242 g/mol. The van der Waals surface area contributed by atoms with Crippen LogP contribution in [0.4, 0.5) is 0 Å². The fourth-order valence-electron chi connectivity index (χ4n) is 1.35. The number of carbonyl (C=O) groups is 2. The van der Waals surface area contributed by atoms with Crippen LogP contribution < -0.4 is 5.32 Å². The number of rotatable bonds is 4. The van der Waals surface area contributed by atoms with E-state index in [-0.39, 0.29) is 17.3 Å². The molecule has 0 saturated carbocycles. The second kappa shape index (κ2) is 6.36. The molecule has 1 aromatic carbocycles. The van der Waals surface area contributed by atoms with Gasteiger partial charge in [0.05, 0.1) is 12.2 Å². The molecule has 0 heterocycles. The van der Waals surface area contributed by atoms with E-state index >= 15 is 0 Å². The molecule has 104 valence electrons. The monoisotopic (exact) mass is 263 g/mol. The van der Waals surface area contributed by atoms with Gasteiger partial charge >= 0.3 is 5.97 Å². The smallest absolute Gasteiger partial charge is 0.338 e. The van der Waals surface area contributed by atoms with Crippen molar-refractivity contribution in [1.82, 2.24) is 5.32 Å². The lowest BCUT2D eigenvalue weighted by Crippen LogP contribution is -2.19. The lowest BCUT2D eigenvalue weighted by molar-refractivity contribution is -0.119. The maximum absolute atomic E-state index is 11.8. The fraction of sp³-hybridized carbons (Fsp3) is 0.467. The highest BCUT2D eigenvalue weighted by atomic mass is 16.5. The molecule has 1 amide bonds. The zero-order valence-corrected chi connectivity index (χ0v) is 11.9. The largest absolute Gasteiger partial charge is 0.462 e. The van der Waals surface area contributed by atoms with Crippen LogP contribution in [0, 0.1) is 5.41 Å². The summed E-state index contributed by atoms with van der Waals surface area (Å²) in [6, 6.07) is 7.04. The molecular formula is C15H21NO3. The highest BCUT2D eigenvalue weighted by Gasteiger charge is 2.14. The predicted octanol–water partition coefficient (Wildman–Crippen LogP) is 2.53. The number of nitrogens with one attached hydrogen (secondary N) is 1. The minimum absolute atomic E-state index is 0.0407. The summed E-state index contributed by atoms with van der Waals surface area (Å²) in [7, 11) is 0. The van der Waals surface area contributed by atoms with Gasteiger partial charge in [-0.1, -0.05) is 32.9 Å². The van der Waals surface area contributed by atoms with Crippen molar-refractivity contribution in [3.05, 3.63) is 35.4 Å². The van der Waals surface area contributed by atoms with Crippen LogP contribution in [-0.4, -0.2) is 18.5 Å². The van der Waals surface area contributed by atoms with Crippen molar-refractivity contribution in [2.75, 3.05) is 6.61 Å². The number of benzene rings is 1. The van der Waals surface area contributed by atoms with Crippen LogP contribution in [0.5, 0.6) is 0 Å². The minimum Gasteiger partial charge on any atom is -0.462 e. The topological polar surface area (TPSA) is 55.4 Å². The number of carbonyl (C=O) groups excluding carboxylic acids is 2. The molecule has 0 unspecified atom stereocenters. The van der Waals surface area contributed by atoms with Gasteiger partial charge < -0.3 is 10.1 Å². The summed E-state index contributed by atoms with van der Waals surface area (Å²) >= 11 is 0. The Morgan fingerprint density at radius 2 is 1.74 bits per heavy atom. The average molecular weight is 263 g/mol. The van der Waals surface area contributed by atoms with Crippen molar-refractivity contribution < 1.29 is 14.3 Å². The summed E-state index contributed by atoms with van der Waals surface area (Å²) in [5.41, 5.74) is 1.43. The van der Waals surface area contributed by atoms with Crippen LogP contribution in [-0.2, 0) is 16.1 Å². The zero-order valence-electron chi connectivity index (χ0n) is 11.9. The van der Waals surface area contributed by atoms with E-state index in [0.717, 1.165) is 5.56 Å². The second-order valence-corrected chi connectivity index (χ2v) is 5.74. The molecule has 19 heavy (non-hydrogen) atoms. The third-order valence-electron chi connectivity index (χ3n) is 2.37. The summed E-state index contributed by atoms with van der Waals surface area (Å²) in [4.78, 5) is 22.6. The van der Waals surface area contributed by atoms with Crippen LogP contribution in [0.3, 0.4) is 0 Å². The lowest BCUT2D eigenvalue weighted by Gasteiger charge is -2.17. The van der Waals surface area contributed by atoms with E-state index in [1.54, 1.807) is 12.1 Å². The van der Waals surface area contributed by atoms with Crippen molar-refractivity contribution in [3.63, 3.8) is 0 Å². The molecule has 4 nitrogen and oxygen atoms in total. The van der Waals surface area contributed by atoms with E-state index in [0.29, 0.717) is 18.7 Å². The van der Waals surface area contributed by atoms with Gasteiger partial charge in [0.25, 0.3) is 0 Å². The first-order valence-electron chi connectivity index (χ1n) is 6.28. The third-order valence-corrected chi connectivity index (χ3v) is 2.37. The standard InChI is InChI=1S/C15H21NO3/c1-11(17)16-9-12-5-7-13(8-6-12)14(18)19-10-15(2,3)4/h5-8H,9-10H2,1-4H3,(H,16,17). The van der Waals surface area contributed by atoms with Crippen molar-refractivity contribution >= 4 is 11.9 Å². The quantitative estimate of drug-likeness (QED) is 0.849. The van der Waals surface area contributed by atoms with Gasteiger partial charge in [-0.3, -0.25) is 4.79 Å². The SMILES string of the molecule is CC(=O)NCc1ccc(C(=O)OCC(C)(C)C)cc1. The number of ether oxygens (including phenoxy) is 1. The van der Waals surface area contributed by atoms with Gasteiger partial charge in [0.15, 0.2) is 0 Å². The first-order chi connectivity index (χ1) is 8.78. The summed E-state index contributed by atoms with van der Waals surface area (Å²) in [6.07, 6.45) is 0. The van der Waals surface area contributed by atoms with E-state index in [9.17, 15) is 9.59 Å². The molecule has 1 rings (SSSR count). The molecule has 0 aliphatic carbocycles. The number of esters is 1. The van der Waals surface area contributed by atoms with Crippen molar-refractivity contribution in [1.29, 1.82) is 0 Å². The van der Waals surface area contributed by atoms with Crippen molar-refractivity contribution in [2.45, 2.75) is 34.2 Å². The molecule has 0 aromatic heterocycles. The van der Waals surface area contributed by atoms with Gasteiger partial charge in [-0.05, 0) is 23.1 Å². The van der Waals surface area contributed by atoms with Gasteiger partial charge in [0.2, 0.25) is 5.91 Å². The molecule has 0 aliphatic rings. The molecule has 0 saturated heterocycles. The summed E-state index contributed by atoms with van der Waals surface area (Å²) in [5, 5.41) is 2.70. The Labute approximate surface area is 114 Å². The Hall–Kier alpha value is -1.84. The first kappa shape index (κ1) is 15.2. The van der Waals surface area contributed by atoms with E-state index in [2.05, 4.69) is 5.32 Å². The van der Waals surface area contributed by atoms with Gasteiger partial charge in [-0.2, -0.15) is 0 Å². The van der Waals surface area contributed by atoms with E-state index in [1.807, 2.05) is 32.9 Å². The Morgan fingerprint density at radius 1 is 1.16 bits per heavy atom. The molecule has 0 radical (unpaired) electrons. The Balaban J connectivity index is 2.55. The maximum atomic E-state index is 11.8. The zero-order chi connectivity index (χ0) is 14.5. The number of amides is 1. The molecule has 0 bridgehead atoms. The lowest BCUT2D eigenvalue weighted by atomic mass is 9.99. The van der Waals surface area contributed by atoms with E-state index in [1.165, 1.54) is 6.92 Å². The molecule has 0 spiro atoms. The summed E-state index contributed by atoms with van der Waals surface area (Å²) in [5.74, 6) is -0.394. The van der Waals surface area contributed by atoms with Crippen LogP contribution in [0.2, 0.25) is 0 Å². The summed E-state index contributed by atoms with van der Waals surface area (Å²) < 4.78 is 5.22. The highest BCUT2D eigenvalue weighted by Crippen LogP contribution is 2.14. The van der Waals surface area contributed by atoms with Gasteiger partial charge in [0, 0.05) is 13.5 Å². The number of hydrogen-bond acceptors (Lipinski definition) is 3. The maximum Gasteiger partial charge on any atom is 0.338 e. The second-order valence-electron chi connectivity index (χ2n) is 5.74. The van der Waals surface area contributed by atoms with Crippen LogP contribution >= 0.6 is 0 Å². The van der Waals surface area contributed by atoms with Gasteiger partial charge in [-0.25, -0.2) is 4.79 Å². The Morgan fingerprint density at radius 3 is 2.21 bits per heavy atom. The van der Waals surface area contributed by atoms with Gasteiger partial charge in [-0.15, -0.1) is 0 Å². The molecule has 4 heteroatoms. The minimum atomic E-state index is -0.319. The van der Waals surface area contributed by atoms with Crippen LogP contribution in [0.15, 0.2) is 24.3 Å². The first-order valence-corrected chi connectivity index (χ1v) is 6.28. The third kappa shape index (κ3) is 6.04. The van der Waals surface area contributed by atoms with Crippen LogP contribution in [0.25, 0.3) is 0 Å². The van der Waals surface area contributed by atoms with E-state index in [4.69, 9.17) is 4.74 Å². The van der Waals surface area contributed by atoms with Crippen molar-refractivity contribution in [3.8, 4) is 0 Å². The molecule has 0 atom stereocenters. The van der Waals surface area contributed by atoms with Gasteiger partial charge in [0.1, 0.15) is 0 Å². The van der Waals surface area contributed by atoms with Crippen LogP contribution in [0.1, 0.15) is 43.6 Å². The predicted molar refractivity (Wildman–Crippen MR) is 73.7 cm³/mol. The molecule has 0 aliphatic heterocycles. The Kier molecular flexibility index (Phi) is 5.10. The summed E-state index contributed by atoms with van der Waals surface area (Å²) in [6.45, 7) is 8.36. The number of hydrogen-bond donors (Lipinski definition) is 1. The molecule has 0 fully saturated rings. The van der Waals surface area contributed by atoms with E-state index < -0.39 is 0 Å². The molecule has 1 aromatic rings. The normalized spacial score (nSPS) is 10.9. The van der Waals surface area contributed by atoms with Crippen molar-refractivity contribution in [2.24, 2.45) is 5.41 Å². The average Bonchev–Trinajstić information content (AvgIpc) is 2.33. The fourth-order valence-corrected chi connectivity index (χ4v) is 1.35.